The van der Waals surface area contributed by atoms with Gasteiger partial charge in [0.25, 0.3) is 10.0 Å². The molecule has 0 spiro atoms. The summed E-state index contributed by atoms with van der Waals surface area (Å²) in [4.78, 5) is 16.9. The van der Waals surface area contributed by atoms with Gasteiger partial charge in [0.15, 0.2) is 0 Å². The Morgan fingerprint density at radius 1 is 1.14 bits per heavy atom. The maximum atomic E-state index is 12.7. The maximum Gasteiger partial charge on any atom is 0.291 e. The van der Waals surface area contributed by atoms with Gasteiger partial charge in [0, 0.05) is 18.9 Å². The summed E-state index contributed by atoms with van der Waals surface area (Å²) in [7, 11) is -2.24. The molecule has 0 bridgehead atoms. The lowest BCUT2D eigenvalue weighted by Crippen LogP contribution is -2.32. The number of rotatable bonds is 8. The molecule has 1 unspecified atom stereocenters. The average Bonchev–Trinajstić information content (AvgIpc) is 3.12. The Morgan fingerprint density at radius 3 is 2.10 bits per heavy atom. The van der Waals surface area contributed by atoms with Gasteiger partial charge in [-0.3, -0.25) is 4.79 Å². The highest BCUT2D eigenvalue weighted by molar-refractivity contribution is 7.92. The zero-order valence-electron chi connectivity index (χ0n) is 17.6. The van der Waals surface area contributed by atoms with Crippen LogP contribution in [-0.4, -0.2) is 31.5 Å². The molecule has 1 aromatic heterocycles. The van der Waals surface area contributed by atoms with Crippen LogP contribution in [0.2, 0.25) is 0 Å². The molecule has 0 aliphatic heterocycles. The number of benzene rings is 1. The fourth-order valence-corrected chi connectivity index (χ4v) is 5.16. The summed E-state index contributed by atoms with van der Waals surface area (Å²) < 4.78 is 26.9. The topological polar surface area (TPSA) is 108 Å². The zero-order chi connectivity index (χ0) is 21.9. The van der Waals surface area contributed by atoms with Crippen LogP contribution in [0, 0.1) is 0 Å². The minimum Gasteiger partial charge on any atom is -0.388 e. The molecule has 1 aromatic carbocycles. The molecule has 1 amide bonds. The molecular weight excluding hydrogens is 410 g/mol. The summed E-state index contributed by atoms with van der Waals surface area (Å²) in [6.07, 6.45) is 0.442. The van der Waals surface area contributed by atoms with E-state index in [1.807, 2.05) is 46.9 Å². The quantitative estimate of drug-likeness (QED) is 0.581. The van der Waals surface area contributed by atoms with E-state index in [2.05, 4.69) is 15.0 Å². The first-order valence-corrected chi connectivity index (χ1v) is 11.8. The molecule has 7 nitrogen and oxygen atoms in total. The third kappa shape index (κ3) is 5.55. The van der Waals surface area contributed by atoms with Crippen molar-refractivity contribution in [2.45, 2.75) is 63.3 Å². The van der Waals surface area contributed by atoms with Crippen molar-refractivity contribution in [1.29, 1.82) is 0 Å². The SMILES string of the molecule is CNc1cc(C(C)C)c(CC(=O)NS(=O)(=O)c2ncc(C(C)O)s2)c(C(C)C)c1. The van der Waals surface area contributed by atoms with Gasteiger partial charge in [-0.2, -0.15) is 8.42 Å². The molecule has 160 valence electrons. The van der Waals surface area contributed by atoms with Crippen LogP contribution >= 0.6 is 11.3 Å². The number of aromatic nitrogens is 1. The van der Waals surface area contributed by atoms with Crippen LogP contribution in [0.1, 0.15) is 74.1 Å². The number of aliphatic hydroxyl groups is 1. The van der Waals surface area contributed by atoms with E-state index in [-0.39, 0.29) is 22.6 Å². The first kappa shape index (κ1) is 23.3. The molecule has 0 saturated heterocycles. The lowest BCUT2D eigenvalue weighted by molar-refractivity contribution is -0.118. The number of carbonyl (C=O) groups excluding carboxylic acids is 1. The van der Waals surface area contributed by atoms with Gasteiger partial charge in [-0.25, -0.2) is 9.71 Å². The Balaban J connectivity index is 2.34. The van der Waals surface area contributed by atoms with Crippen molar-refractivity contribution < 1.29 is 18.3 Å². The summed E-state index contributed by atoms with van der Waals surface area (Å²) in [5, 5.41) is 12.7. The fourth-order valence-electron chi connectivity index (χ4n) is 3.07. The number of sulfonamides is 1. The summed E-state index contributed by atoms with van der Waals surface area (Å²) in [5.74, 6) is -0.264. The Morgan fingerprint density at radius 2 is 1.69 bits per heavy atom. The Hall–Kier alpha value is -1.97. The van der Waals surface area contributed by atoms with E-state index >= 15 is 0 Å². The smallest absolute Gasteiger partial charge is 0.291 e. The van der Waals surface area contributed by atoms with Crippen molar-refractivity contribution in [3.63, 3.8) is 0 Å². The lowest BCUT2D eigenvalue weighted by atomic mass is 9.86. The molecular formula is C20H29N3O4S2. The van der Waals surface area contributed by atoms with E-state index in [4.69, 9.17) is 0 Å². The first-order chi connectivity index (χ1) is 13.5. The maximum absolute atomic E-state index is 12.7. The predicted molar refractivity (Wildman–Crippen MR) is 116 cm³/mol. The van der Waals surface area contributed by atoms with Crippen molar-refractivity contribution in [2.24, 2.45) is 0 Å². The van der Waals surface area contributed by atoms with E-state index in [0.717, 1.165) is 33.7 Å². The number of nitrogens with zero attached hydrogens (tertiary/aromatic N) is 1. The number of hydrogen-bond donors (Lipinski definition) is 3. The van der Waals surface area contributed by atoms with Crippen LogP contribution in [-0.2, 0) is 21.2 Å². The van der Waals surface area contributed by atoms with Gasteiger partial charge in [-0.15, -0.1) is 11.3 Å². The van der Waals surface area contributed by atoms with Crippen LogP contribution in [0.25, 0.3) is 0 Å². The normalized spacial score (nSPS) is 13.0. The Kier molecular flexibility index (Phi) is 7.42. The lowest BCUT2D eigenvalue weighted by Gasteiger charge is -2.21. The molecule has 1 atom stereocenters. The van der Waals surface area contributed by atoms with Crippen LogP contribution in [0.5, 0.6) is 0 Å². The summed E-state index contributed by atoms with van der Waals surface area (Å²) in [6.45, 7) is 9.71. The second kappa shape index (κ2) is 9.23. The number of carbonyl (C=O) groups is 1. The molecule has 2 rings (SSSR count). The van der Waals surface area contributed by atoms with Crippen molar-refractivity contribution in [3.05, 3.63) is 39.9 Å². The predicted octanol–water partition coefficient (Wildman–Crippen LogP) is 3.53. The van der Waals surface area contributed by atoms with Gasteiger partial charge in [-0.05, 0) is 47.6 Å². The summed E-state index contributed by atoms with van der Waals surface area (Å²) >= 11 is 0.845. The highest BCUT2D eigenvalue weighted by atomic mass is 32.2. The number of hydrogen-bond acceptors (Lipinski definition) is 7. The van der Waals surface area contributed by atoms with Gasteiger partial charge < -0.3 is 10.4 Å². The average molecular weight is 440 g/mol. The second-order valence-corrected chi connectivity index (χ2v) is 10.5. The van der Waals surface area contributed by atoms with Gasteiger partial charge in [0.1, 0.15) is 0 Å². The Labute approximate surface area is 176 Å². The molecule has 0 aliphatic rings. The number of thiazole rings is 1. The standard InChI is InChI=1S/C20H29N3O4S2/c1-11(2)15-7-14(21-6)8-16(12(3)4)17(15)9-19(25)23-29(26,27)20-22-10-18(28-20)13(5)24/h7-8,10-13,21,24H,9H2,1-6H3,(H,23,25). The fraction of sp³-hybridized carbons (Fsp3) is 0.500. The molecule has 9 heteroatoms. The molecule has 0 fully saturated rings. The first-order valence-electron chi connectivity index (χ1n) is 9.50. The van der Waals surface area contributed by atoms with E-state index in [1.54, 1.807) is 0 Å². The van der Waals surface area contributed by atoms with E-state index in [0.29, 0.717) is 4.88 Å². The van der Waals surface area contributed by atoms with Crippen molar-refractivity contribution in [1.82, 2.24) is 9.71 Å². The number of aliphatic hydroxyl groups excluding tert-OH is 1. The molecule has 0 radical (unpaired) electrons. The largest absolute Gasteiger partial charge is 0.388 e. The van der Waals surface area contributed by atoms with Gasteiger partial charge in [0.2, 0.25) is 10.2 Å². The summed E-state index contributed by atoms with van der Waals surface area (Å²) in [5.41, 5.74) is 3.84. The van der Waals surface area contributed by atoms with Crippen molar-refractivity contribution in [3.8, 4) is 0 Å². The third-order valence-corrected chi connectivity index (χ3v) is 7.51. The minimum absolute atomic E-state index is 0.0428. The van der Waals surface area contributed by atoms with Gasteiger partial charge >= 0.3 is 0 Å². The Bertz CT molecular complexity index is 950. The van der Waals surface area contributed by atoms with Crippen LogP contribution < -0.4 is 10.0 Å². The summed E-state index contributed by atoms with van der Waals surface area (Å²) in [6, 6.07) is 4.01. The molecule has 0 saturated carbocycles. The highest BCUT2D eigenvalue weighted by Gasteiger charge is 2.25. The third-order valence-electron chi connectivity index (χ3n) is 4.58. The van der Waals surface area contributed by atoms with Crippen molar-refractivity contribution in [2.75, 3.05) is 12.4 Å². The van der Waals surface area contributed by atoms with Crippen LogP contribution in [0.3, 0.4) is 0 Å². The van der Waals surface area contributed by atoms with E-state index in [9.17, 15) is 18.3 Å². The molecule has 0 aliphatic carbocycles. The van der Waals surface area contributed by atoms with Crippen LogP contribution in [0.4, 0.5) is 5.69 Å². The monoisotopic (exact) mass is 439 g/mol. The van der Waals surface area contributed by atoms with E-state index in [1.165, 1.54) is 13.1 Å². The minimum atomic E-state index is -4.09. The zero-order valence-corrected chi connectivity index (χ0v) is 19.2. The molecule has 1 heterocycles. The molecule has 2 aromatic rings. The second-order valence-electron chi connectivity index (χ2n) is 7.60. The van der Waals surface area contributed by atoms with E-state index < -0.39 is 22.0 Å². The van der Waals surface area contributed by atoms with Gasteiger partial charge in [-0.1, -0.05) is 27.7 Å². The molecule has 3 N–H and O–H groups in total. The molecule has 29 heavy (non-hydrogen) atoms. The highest BCUT2D eigenvalue weighted by Crippen LogP contribution is 2.32. The van der Waals surface area contributed by atoms with Gasteiger partial charge in [0.05, 0.1) is 17.4 Å². The van der Waals surface area contributed by atoms with Crippen LogP contribution in [0.15, 0.2) is 22.7 Å². The number of amides is 1. The number of nitrogens with one attached hydrogen (secondary N) is 2. The van der Waals surface area contributed by atoms with Crippen molar-refractivity contribution >= 4 is 33.0 Å². The number of anilines is 1.